The van der Waals surface area contributed by atoms with E-state index < -0.39 is 46.8 Å². The first-order chi connectivity index (χ1) is 26.6. The monoisotopic (exact) mass is 828 g/mol. The molecule has 4 amide bonds. The van der Waals surface area contributed by atoms with Crippen LogP contribution in [0.2, 0.25) is 15.1 Å². The molecule has 0 spiro atoms. The number of allylic oxidation sites excluding steroid dienone is 2. The Kier molecular flexibility index (Phi) is 8.52. The Balaban J connectivity index is 1.17. The molecule has 3 fully saturated rings. The molecule has 2 aliphatic carbocycles. The van der Waals surface area contributed by atoms with Crippen LogP contribution in [-0.2, 0) is 26.2 Å². The first-order valence-corrected chi connectivity index (χ1v) is 20.1. The van der Waals surface area contributed by atoms with Gasteiger partial charge in [0.25, 0.3) is 0 Å². The number of benzene rings is 3. The summed E-state index contributed by atoms with van der Waals surface area (Å²) in [5, 5.41) is 17.6. The molecule has 286 valence electrons. The Morgan fingerprint density at radius 1 is 0.911 bits per heavy atom. The average molecular weight is 830 g/mol. The number of anilines is 2. The quantitative estimate of drug-likeness (QED) is 0.139. The smallest absolute Gasteiger partial charge is 0.242 e. The number of aryl methyl sites for hydroxylation is 3. The third-order valence-electron chi connectivity index (χ3n) is 12.5. The summed E-state index contributed by atoms with van der Waals surface area (Å²) in [6.07, 6.45) is 2.38. The fourth-order valence-corrected chi connectivity index (χ4v) is 11.4. The Hall–Kier alpha value is -4.68. The lowest BCUT2D eigenvalue weighted by Gasteiger charge is -2.49. The molecule has 1 N–H and O–H groups in total. The van der Waals surface area contributed by atoms with Crippen LogP contribution in [0.15, 0.2) is 66.2 Å². The van der Waals surface area contributed by atoms with Crippen LogP contribution >= 0.6 is 46.1 Å². The molecule has 6 unspecified atom stereocenters. The number of aromatic hydroxyl groups is 1. The molecule has 6 atom stereocenters. The van der Waals surface area contributed by atoms with Gasteiger partial charge < -0.3 is 9.84 Å². The van der Waals surface area contributed by atoms with Crippen molar-refractivity contribution < 1.29 is 29.0 Å². The maximum atomic E-state index is 15.2. The minimum Gasteiger partial charge on any atom is -0.503 e. The number of ether oxygens (including phenoxy) is 1. The second-order valence-corrected chi connectivity index (χ2v) is 17.7. The highest BCUT2D eigenvalue weighted by atomic mass is 35.5. The minimum absolute atomic E-state index is 0.00959. The maximum absolute atomic E-state index is 15.2. The molecular formula is C42H35Cl3N4O6S. The third kappa shape index (κ3) is 5.10. The van der Waals surface area contributed by atoms with Crippen LogP contribution in [0, 0.1) is 42.9 Å². The normalized spacial score (nSPS) is 25.9. The van der Waals surface area contributed by atoms with Crippen LogP contribution in [-0.4, -0.2) is 45.6 Å². The summed E-state index contributed by atoms with van der Waals surface area (Å²) in [6.45, 7) is 5.63. The summed E-state index contributed by atoms with van der Waals surface area (Å²) >= 11 is 20.9. The second-order valence-electron chi connectivity index (χ2n) is 15.4. The number of aromatic nitrogens is 2. The molecule has 0 bridgehead atoms. The number of phenolic OH excluding ortho intramolecular Hbond substituents is 1. The molecule has 5 aromatic rings. The standard InChI is InChI=1S/C42H35Cl3N4O6S/c1-18-6-8-22(15-28(18)44)48-38(51)24-10-9-23-26(34(24)40(48)53)16-27-39(52)49(41(54)42(27,3)35(23)20-12-29(45)36(50)31(13-20)55-5)33-17-30(46-47(33)4)37-19(2)25-14-21(43)7-11-32(25)56-37/h6-9,11-15,17,24,26-27,34-35,50H,10,16H2,1-5H3. The predicted molar refractivity (Wildman–Crippen MR) is 217 cm³/mol. The zero-order valence-corrected chi connectivity index (χ0v) is 34.0. The summed E-state index contributed by atoms with van der Waals surface area (Å²) in [5.74, 6) is -5.07. The number of carbonyl (C=O) groups excluding carboxylic acids is 4. The van der Waals surface area contributed by atoms with Gasteiger partial charge in [0.2, 0.25) is 23.6 Å². The number of imide groups is 2. The number of hydrogen-bond donors (Lipinski definition) is 1. The highest BCUT2D eigenvalue weighted by Gasteiger charge is 2.68. The van der Waals surface area contributed by atoms with Gasteiger partial charge in [0, 0.05) is 33.8 Å². The summed E-state index contributed by atoms with van der Waals surface area (Å²) in [7, 11) is 3.11. The largest absolute Gasteiger partial charge is 0.503 e. The van der Waals surface area contributed by atoms with Crippen molar-refractivity contribution in [3.8, 4) is 22.1 Å². The molecule has 56 heavy (non-hydrogen) atoms. The van der Waals surface area contributed by atoms with Crippen molar-refractivity contribution in [2.45, 2.75) is 39.5 Å². The van der Waals surface area contributed by atoms with Crippen molar-refractivity contribution >= 4 is 91.4 Å². The fourth-order valence-electron chi connectivity index (χ4n) is 9.72. The summed E-state index contributed by atoms with van der Waals surface area (Å²) in [6, 6.07) is 15.8. The number of halogens is 3. The van der Waals surface area contributed by atoms with Gasteiger partial charge in [-0.3, -0.25) is 23.9 Å². The van der Waals surface area contributed by atoms with Crippen molar-refractivity contribution in [2.75, 3.05) is 16.9 Å². The van der Waals surface area contributed by atoms with E-state index in [-0.39, 0.29) is 41.2 Å². The van der Waals surface area contributed by atoms with Gasteiger partial charge in [0.15, 0.2) is 11.5 Å². The van der Waals surface area contributed by atoms with Crippen molar-refractivity contribution in [1.82, 2.24) is 9.78 Å². The summed E-state index contributed by atoms with van der Waals surface area (Å²) in [4.78, 5) is 62.1. The Morgan fingerprint density at radius 2 is 1.68 bits per heavy atom. The van der Waals surface area contributed by atoms with Crippen LogP contribution in [0.25, 0.3) is 20.7 Å². The van der Waals surface area contributed by atoms with E-state index in [1.54, 1.807) is 66.4 Å². The minimum atomic E-state index is -1.36. The van der Waals surface area contributed by atoms with Crippen LogP contribution in [0.4, 0.5) is 11.5 Å². The number of thiophene rings is 1. The van der Waals surface area contributed by atoms with E-state index in [2.05, 4.69) is 0 Å². The Bertz CT molecular complexity index is 2630. The van der Waals surface area contributed by atoms with Crippen molar-refractivity contribution in [3.05, 3.63) is 98.0 Å². The second kappa shape index (κ2) is 12.9. The molecule has 2 saturated heterocycles. The lowest BCUT2D eigenvalue weighted by Crippen LogP contribution is -2.49. The molecule has 14 heteroatoms. The molecule has 2 aromatic heterocycles. The van der Waals surface area contributed by atoms with E-state index in [0.29, 0.717) is 32.8 Å². The van der Waals surface area contributed by atoms with E-state index in [0.717, 1.165) is 31.7 Å². The predicted octanol–water partition coefficient (Wildman–Crippen LogP) is 9.03. The molecule has 4 aliphatic rings. The molecular weight excluding hydrogens is 795 g/mol. The van der Waals surface area contributed by atoms with Crippen molar-refractivity contribution in [1.29, 1.82) is 0 Å². The van der Waals surface area contributed by atoms with Gasteiger partial charge in [0.05, 0.1) is 45.9 Å². The topological polar surface area (TPSA) is 122 Å². The number of nitrogens with zero attached hydrogens (tertiary/aromatic N) is 4. The average Bonchev–Trinajstić information content (AvgIpc) is 3.84. The first-order valence-electron chi connectivity index (χ1n) is 18.2. The number of methoxy groups -OCH3 is 1. The number of carbonyl (C=O) groups is 4. The maximum Gasteiger partial charge on any atom is 0.242 e. The number of fused-ring (bicyclic) bond motifs is 5. The van der Waals surface area contributed by atoms with Gasteiger partial charge in [-0.2, -0.15) is 5.10 Å². The lowest BCUT2D eigenvalue weighted by atomic mass is 9.51. The van der Waals surface area contributed by atoms with Crippen LogP contribution in [0.3, 0.4) is 0 Å². The number of rotatable bonds is 5. The van der Waals surface area contributed by atoms with Gasteiger partial charge in [-0.15, -0.1) is 11.3 Å². The van der Waals surface area contributed by atoms with Crippen LogP contribution in [0.1, 0.15) is 42.4 Å². The van der Waals surface area contributed by atoms with Gasteiger partial charge in [0.1, 0.15) is 11.5 Å². The first kappa shape index (κ1) is 36.9. The van der Waals surface area contributed by atoms with E-state index in [1.807, 2.05) is 38.1 Å². The molecule has 2 aliphatic heterocycles. The number of amides is 4. The van der Waals surface area contributed by atoms with E-state index in [9.17, 15) is 19.5 Å². The van der Waals surface area contributed by atoms with E-state index in [4.69, 9.17) is 44.6 Å². The molecule has 3 aromatic carbocycles. The SMILES string of the molecule is COc1cc(C2C3=CCC4C(=O)N(c5ccc(C)c(Cl)c5)C(=O)C4C3CC3C(=O)N(c4cc(-c5sc6ccc(Cl)cc6c5C)nn4C)C(=O)C32C)cc(Cl)c1O. The zero-order chi connectivity index (χ0) is 39.7. The van der Waals surface area contributed by atoms with Gasteiger partial charge in [-0.25, -0.2) is 9.80 Å². The number of phenols is 1. The molecule has 9 rings (SSSR count). The molecule has 0 radical (unpaired) electrons. The molecule has 1 saturated carbocycles. The molecule has 4 heterocycles. The van der Waals surface area contributed by atoms with Crippen molar-refractivity contribution in [2.24, 2.45) is 36.1 Å². The highest BCUT2D eigenvalue weighted by Crippen LogP contribution is 2.64. The van der Waals surface area contributed by atoms with Gasteiger partial charge in [-0.1, -0.05) is 52.5 Å². The summed E-state index contributed by atoms with van der Waals surface area (Å²) < 4.78 is 8.08. The van der Waals surface area contributed by atoms with Crippen LogP contribution in [0.5, 0.6) is 11.5 Å². The van der Waals surface area contributed by atoms with E-state index >= 15 is 4.79 Å². The Labute approximate surface area is 341 Å². The lowest BCUT2D eigenvalue weighted by molar-refractivity contribution is -0.131. The van der Waals surface area contributed by atoms with Gasteiger partial charge >= 0.3 is 0 Å². The van der Waals surface area contributed by atoms with Crippen LogP contribution < -0.4 is 14.5 Å². The third-order valence-corrected chi connectivity index (χ3v) is 14.7. The fraction of sp³-hybridized carbons (Fsp3) is 0.310. The molecule has 10 nitrogen and oxygen atoms in total. The summed E-state index contributed by atoms with van der Waals surface area (Å²) in [5.41, 5.74) is 2.74. The van der Waals surface area contributed by atoms with Gasteiger partial charge in [-0.05, 0) is 104 Å². The zero-order valence-electron chi connectivity index (χ0n) is 30.9. The Morgan fingerprint density at radius 3 is 2.41 bits per heavy atom. The number of hydrogen-bond acceptors (Lipinski definition) is 8. The highest BCUT2D eigenvalue weighted by molar-refractivity contribution is 7.22. The van der Waals surface area contributed by atoms with E-state index in [1.165, 1.54) is 16.9 Å². The van der Waals surface area contributed by atoms with Crippen molar-refractivity contribution in [3.63, 3.8) is 0 Å².